The molecular weight excluding hydrogens is 226 g/mol. The summed E-state index contributed by atoms with van der Waals surface area (Å²) in [7, 11) is 3.42. The molecule has 3 atom stereocenters. The molecular formula is C15H21NO2. The Morgan fingerprint density at radius 2 is 1.89 bits per heavy atom. The van der Waals surface area contributed by atoms with Gasteiger partial charge in [0.2, 0.25) is 0 Å². The number of piperidine rings is 1. The van der Waals surface area contributed by atoms with Gasteiger partial charge in [0, 0.05) is 13.1 Å². The molecule has 0 aliphatic carbocycles. The van der Waals surface area contributed by atoms with Crippen LogP contribution in [0.1, 0.15) is 30.4 Å². The number of rotatable bonds is 2. The maximum absolute atomic E-state index is 5.45. The molecule has 2 bridgehead atoms. The van der Waals surface area contributed by atoms with Crippen LogP contribution in [-0.2, 0) is 6.54 Å². The van der Waals surface area contributed by atoms with Gasteiger partial charge >= 0.3 is 0 Å². The lowest BCUT2D eigenvalue weighted by atomic mass is 9.82. The molecule has 0 radical (unpaired) electrons. The largest absolute Gasteiger partial charge is 0.493 e. The standard InChI is InChI=1S/C15H21NO2/c1-10-8-16-5-4-12(10)13-7-15(18-3)14(17-2)6-11(13)9-16/h6-7,10,12H,4-5,8-9H2,1-3H3/t10-,12+/m1/s1. The van der Waals surface area contributed by atoms with E-state index in [0.717, 1.165) is 24.0 Å². The Morgan fingerprint density at radius 1 is 1.17 bits per heavy atom. The van der Waals surface area contributed by atoms with Crippen LogP contribution in [0.3, 0.4) is 0 Å². The summed E-state index contributed by atoms with van der Waals surface area (Å²) in [6.45, 7) is 5.84. The van der Waals surface area contributed by atoms with E-state index < -0.39 is 0 Å². The second-order valence-corrected chi connectivity index (χ2v) is 5.51. The fraction of sp³-hybridized carbons (Fsp3) is 0.600. The molecule has 3 nitrogen and oxygen atoms in total. The second kappa shape index (κ2) is 4.47. The van der Waals surface area contributed by atoms with Crippen LogP contribution in [0.5, 0.6) is 11.5 Å². The van der Waals surface area contributed by atoms with Crippen molar-refractivity contribution in [1.82, 2.24) is 4.90 Å². The van der Waals surface area contributed by atoms with Crippen molar-refractivity contribution in [3.05, 3.63) is 23.3 Å². The summed E-state index contributed by atoms with van der Waals surface area (Å²) in [4.78, 5) is 2.55. The van der Waals surface area contributed by atoms with E-state index in [4.69, 9.17) is 9.47 Å². The average molecular weight is 247 g/mol. The molecule has 0 aromatic heterocycles. The van der Waals surface area contributed by atoms with Gasteiger partial charge in [0.25, 0.3) is 0 Å². The van der Waals surface area contributed by atoms with Crippen molar-refractivity contribution in [2.24, 2.45) is 5.92 Å². The van der Waals surface area contributed by atoms with Crippen LogP contribution in [0.25, 0.3) is 0 Å². The highest BCUT2D eigenvalue weighted by Gasteiger charge is 2.33. The number of hydrogen-bond acceptors (Lipinski definition) is 3. The lowest BCUT2D eigenvalue weighted by Crippen LogP contribution is -2.34. The number of hydrogen-bond donors (Lipinski definition) is 0. The number of nitrogens with zero attached hydrogens (tertiary/aromatic N) is 1. The van der Waals surface area contributed by atoms with Crippen LogP contribution in [0, 0.1) is 5.92 Å². The lowest BCUT2D eigenvalue weighted by Gasteiger charge is -2.32. The van der Waals surface area contributed by atoms with Gasteiger partial charge in [0.05, 0.1) is 14.2 Å². The van der Waals surface area contributed by atoms with Crippen LogP contribution in [-0.4, -0.2) is 32.2 Å². The zero-order chi connectivity index (χ0) is 12.7. The summed E-state index contributed by atoms with van der Waals surface area (Å²) in [6.07, 6.45) is 1.27. The molecule has 98 valence electrons. The van der Waals surface area contributed by atoms with Crippen molar-refractivity contribution in [2.75, 3.05) is 27.3 Å². The Hall–Kier alpha value is -1.22. The highest BCUT2D eigenvalue weighted by Crippen LogP contribution is 2.43. The summed E-state index contributed by atoms with van der Waals surface area (Å²) in [5.74, 6) is 3.13. The Kier molecular flexibility index (Phi) is 2.94. The van der Waals surface area contributed by atoms with Crippen LogP contribution in [0.15, 0.2) is 12.1 Å². The van der Waals surface area contributed by atoms with Crippen molar-refractivity contribution >= 4 is 0 Å². The first-order valence-electron chi connectivity index (χ1n) is 6.70. The van der Waals surface area contributed by atoms with Gasteiger partial charge in [-0.2, -0.15) is 0 Å². The van der Waals surface area contributed by atoms with Crippen LogP contribution < -0.4 is 9.47 Å². The highest BCUT2D eigenvalue weighted by atomic mass is 16.5. The number of fused-ring (bicyclic) bond motifs is 2. The van der Waals surface area contributed by atoms with E-state index >= 15 is 0 Å². The minimum atomic E-state index is 0.679. The third-order valence-corrected chi connectivity index (χ3v) is 4.43. The molecule has 1 aromatic carbocycles. The number of ether oxygens (including phenoxy) is 2. The van der Waals surface area contributed by atoms with Crippen LogP contribution in [0.2, 0.25) is 0 Å². The van der Waals surface area contributed by atoms with Crippen LogP contribution >= 0.6 is 0 Å². The Morgan fingerprint density at radius 3 is 2.56 bits per heavy atom. The molecule has 18 heavy (non-hydrogen) atoms. The first kappa shape index (κ1) is 11.8. The molecule has 1 fully saturated rings. The molecule has 3 heteroatoms. The maximum Gasteiger partial charge on any atom is 0.161 e. The maximum atomic E-state index is 5.45. The third kappa shape index (κ3) is 1.77. The molecule has 1 aromatic rings. The predicted octanol–water partition coefficient (Wildman–Crippen LogP) is 2.64. The Labute approximate surface area is 109 Å². The smallest absolute Gasteiger partial charge is 0.161 e. The van der Waals surface area contributed by atoms with E-state index in [-0.39, 0.29) is 0 Å². The van der Waals surface area contributed by atoms with Gasteiger partial charge < -0.3 is 9.47 Å². The van der Waals surface area contributed by atoms with Crippen molar-refractivity contribution < 1.29 is 9.47 Å². The summed E-state index contributed by atoms with van der Waals surface area (Å²) in [6, 6.07) is 4.36. The van der Waals surface area contributed by atoms with Crippen LogP contribution in [0.4, 0.5) is 0 Å². The molecule has 0 spiro atoms. The van der Waals surface area contributed by atoms with Gasteiger partial charge in [-0.1, -0.05) is 6.92 Å². The molecule has 3 aliphatic rings. The fourth-order valence-corrected chi connectivity index (χ4v) is 3.50. The summed E-state index contributed by atoms with van der Waals surface area (Å²) >= 11 is 0. The zero-order valence-corrected chi connectivity index (χ0v) is 11.4. The van der Waals surface area contributed by atoms with Gasteiger partial charge in [0.1, 0.15) is 0 Å². The quantitative estimate of drug-likeness (QED) is 0.802. The van der Waals surface area contributed by atoms with E-state index in [1.54, 1.807) is 14.2 Å². The number of methoxy groups -OCH3 is 2. The van der Waals surface area contributed by atoms with E-state index in [1.807, 2.05) is 0 Å². The van der Waals surface area contributed by atoms with Gasteiger partial charge in [-0.25, -0.2) is 0 Å². The zero-order valence-electron chi connectivity index (χ0n) is 11.4. The average Bonchev–Trinajstić information content (AvgIpc) is 2.62. The van der Waals surface area contributed by atoms with Crippen molar-refractivity contribution in [2.45, 2.75) is 25.8 Å². The van der Waals surface area contributed by atoms with Crippen molar-refractivity contribution in [1.29, 1.82) is 0 Å². The minimum absolute atomic E-state index is 0.679. The van der Waals surface area contributed by atoms with E-state index in [9.17, 15) is 0 Å². The first-order chi connectivity index (χ1) is 8.72. The summed E-state index contributed by atoms with van der Waals surface area (Å²) in [5, 5.41) is 0. The minimum Gasteiger partial charge on any atom is -0.493 e. The molecule has 0 N–H and O–H groups in total. The Bertz CT molecular complexity index is 458. The van der Waals surface area contributed by atoms with Gasteiger partial charge in [-0.3, -0.25) is 4.90 Å². The van der Waals surface area contributed by atoms with E-state index in [0.29, 0.717) is 5.92 Å². The van der Waals surface area contributed by atoms with Crippen molar-refractivity contribution in [3.8, 4) is 11.5 Å². The molecule has 3 aliphatic heterocycles. The number of benzene rings is 1. The summed E-state index contributed by atoms with van der Waals surface area (Å²) in [5.41, 5.74) is 2.89. The van der Waals surface area contributed by atoms with Crippen molar-refractivity contribution in [3.63, 3.8) is 0 Å². The fourth-order valence-electron chi connectivity index (χ4n) is 3.50. The first-order valence-corrected chi connectivity index (χ1v) is 6.70. The van der Waals surface area contributed by atoms with E-state index in [1.165, 1.54) is 30.6 Å². The third-order valence-electron chi connectivity index (χ3n) is 4.43. The van der Waals surface area contributed by atoms with Gasteiger partial charge in [-0.15, -0.1) is 0 Å². The second-order valence-electron chi connectivity index (χ2n) is 5.51. The topological polar surface area (TPSA) is 21.7 Å². The monoisotopic (exact) mass is 247 g/mol. The lowest BCUT2D eigenvalue weighted by molar-refractivity contribution is 0.172. The Balaban J connectivity index is 2.11. The molecule has 0 amide bonds. The molecule has 1 saturated heterocycles. The normalized spacial score (nSPS) is 29.6. The molecule has 1 unspecified atom stereocenters. The molecule has 4 rings (SSSR count). The van der Waals surface area contributed by atoms with Gasteiger partial charge in [0.15, 0.2) is 11.5 Å². The van der Waals surface area contributed by atoms with Gasteiger partial charge in [-0.05, 0) is 48.1 Å². The SMILES string of the molecule is COc1cc2c(cc1OC)[C@H]1CCN(C2)C[C@H]1C. The summed E-state index contributed by atoms with van der Waals surface area (Å²) < 4.78 is 10.9. The predicted molar refractivity (Wildman–Crippen MR) is 71.3 cm³/mol. The van der Waals surface area contributed by atoms with E-state index in [2.05, 4.69) is 24.0 Å². The molecule has 0 saturated carbocycles. The molecule has 3 heterocycles. The highest BCUT2D eigenvalue weighted by molar-refractivity contribution is 5.49.